The molecule has 0 aliphatic rings. The number of unbranched alkanes of at least 4 members (excludes halogenated alkanes) is 2. The van der Waals surface area contributed by atoms with Gasteiger partial charge in [0.1, 0.15) is 0 Å². The Morgan fingerprint density at radius 2 is 2.11 bits per heavy atom. The first kappa shape index (κ1) is 15.4. The molecule has 1 aromatic carbocycles. The van der Waals surface area contributed by atoms with Crippen molar-refractivity contribution in [2.24, 2.45) is 0 Å². The number of carbonyl (C=O) groups excluding carboxylic acids is 1. The normalized spacial score (nSPS) is 11.8. The van der Waals surface area contributed by atoms with Crippen LogP contribution in [0.1, 0.15) is 38.2 Å². The zero-order valence-corrected chi connectivity index (χ0v) is 11.6. The Hall–Kier alpha value is -1.61. The van der Waals surface area contributed by atoms with Crippen molar-refractivity contribution in [1.82, 2.24) is 5.48 Å². The Bertz CT molecular complexity index is 376. The second-order valence-corrected chi connectivity index (χ2v) is 4.73. The number of hydrogen-bond acceptors (Lipinski definition) is 3. The largest absolute Gasteiger partial charge is 0.370 e. The summed E-state index contributed by atoms with van der Waals surface area (Å²) in [5.41, 5.74) is 3.77. The van der Waals surface area contributed by atoms with Gasteiger partial charge < -0.3 is 4.84 Å². The van der Waals surface area contributed by atoms with E-state index in [2.05, 4.69) is 12.1 Å². The molecule has 0 heterocycles. The van der Waals surface area contributed by atoms with Crippen LogP contribution in [0.25, 0.3) is 0 Å². The summed E-state index contributed by atoms with van der Waals surface area (Å²) in [5.74, 6) is -0.246. The average Bonchev–Trinajstić information content (AvgIpc) is 2.42. The third-order valence-electron chi connectivity index (χ3n) is 2.86. The van der Waals surface area contributed by atoms with Crippen molar-refractivity contribution in [3.63, 3.8) is 0 Å². The van der Waals surface area contributed by atoms with Crippen molar-refractivity contribution >= 4 is 5.97 Å². The van der Waals surface area contributed by atoms with Crippen LogP contribution in [0.2, 0.25) is 0 Å². The summed E-state index contributed by atoms with van der Waals surface area (Å²) in [6.07, 6.45) is 6.51. The van der Waals surface area contributed by atoms with E-state index in [0.29, 0.717) is 6.42 Å². The van der Waals surface area contributed by atoms with Gasteiger partial charge in [0.05, 0.1) is 6.42 Å². The smallest absolute Gasteiger partial charge is 0.329 e. The van der Waals surface area contributed by atoms with Gasteiger partial charge in [-0.2, -0.15) is 5.48 Å². The van der Waals surface area contributed by atoms with Gasteiger partial charge in [-0.05, 0) is 31.7 Å². The minimum absolute atomic E-state index is 0.185. The van der Waals surface area contributed by atoms with Crippen molar-refractivity contribution in [3.8, 4) is 0 Å². The standard InChI is InChI=1S/C16H23NO2/c1-3-4-5-7-10-14(2)17-19-16(18)13-15-11-8-6-9-12-15/h3,6,8-9,11-12,14,17H,1,4-5,7,10,13H2,2H3. The minimum atomic E-state index is -0.246. The monoisotopic (exact) mass is 261 g/mol. The number of nitrogens with one attached hydrogen (secondary N) is 1. The number of rotatable bonds is 9. The fraction of sp³-hybridized carbons (Fsp3) is 0.438. The molecule has 1 atom stereocenters. The molecular formula is C16H23NO2. The van der Waals surface area contributed by atoms with Crippen LogP contribution in [-0.2, 0) is 16.1 Å². The lowest BCUT2D eigenvalue weighted by atomic mass is 10.1. The lowest BCUT2D eigenvalue weighted by Crippen LogP contribution is -2.29. The molecule has 1 N–H and O–H groups in total. The highest BCUT2D eigenvalue weighted by Crippen LogP contribution is 2.04. The number of hydrogen-bond donors (Lipinski definition) is 1. The molecule has 0 aliphatic heterocycles. The molecule has 0 saturated carbocycles. The highest BCUT2D eigenvalue weighted by atomic mass is 16.7. The predicted octanol–water partition coefficient (Wildman–Crippen LogP) is 3.41. The van der Waals surface area contributed by atoms with Gasteiger partial charge in [-0.1, -0.05) is 42.8 Å². The number of carbonyl (C=O) groups is 1. The van der Waals surface area contributed by atoms with Crippen molar-refractivity contribution in [2.45, 2.75) is 45.1 Å². The Labute approximate surface area is 115 Å². The molecule has 0 saturated heterocycles. The summed E-state index contributed by atoms with van der Waals surface area (Å²) in [5, 5.41) is 0. The van der Waals surface area contributed by atoms with Crippen molar-refractivity contribution in [2.75, 3.05) is 0 Å². The van der Waals surface area contributed by atoms with Crippen LogP contribution in [0.5, 0.6) is 0 Å². The van der Waals surface area contributed by atoms with Crippen LogP contribution in [0.15, 0.2) is 43.0 Å². The van der Waals surface area contributed by atoms with E-state index in [1.807, 2.05) is 43.3 Å². The Morgan fingerprint density at radius 1 is 1.37 bits per heavy atom. The van der Waals surface area contributed by atoms with Gasteiger partial charge in [-0.25, -0.2) is 0 Å². The second kappa shape index (κ2) is 9.34. The quantitative estimate of drug-likeness (QED) is 0.420. The topological polar surface area (TPSA) is 38.3 Å². The second-order valence-electron chi connectivity index (χ2n) is 4.73. The summed E-state index contributed by atoms with van der Waals surface area (Å²) in [6.45, 7) is 5.71. The van der Waals surface area contributed by atoms with E-state index in [1.54, 1.807) is 0 Å². The number of benzene rings is 1. The summed E-state index contributed by atoms with van der Waals surface area (Å²) in [6, 6.07) is 9.78. The van der Waals surface area contributed by atoms with E-state index in [0.717, 1.165) is 31.2 Å². The first-order valence-electron chi connectivity index (χ1n) is 6.82. The predicted molar refractivity (Wildman–Crippen MR) is 77.5 cm³/mol. The molecule has 1 unspecified atom stereocenters. The maximum atomic E-state index is 11.6. The molecule has 104 valence electrons. The van der Waals surface area contributed by atoms with Crippen molar-refractivity contribution in [1.29, 1.82) is 0 Å². The Morgan fingerprint density at radius 3 is 2.79 bits per heavy atom. The van der Waals surface area contributed by atoms with E-state index in [9.17, 15) is 4.79 Å². The fourth-order valence-electron chi connectivity index (χ4n) is 1.76. The first-order valence-corrected chi connectivity index (χ1v) is 6.82. The third-order valence-corrected chi connectivity index (χ3v) is 2.86. The maximum absolute atomic E-state index is 11.6. The first-order chi connectivity index (χ1) is 9.22. The third kappa shape index (κ3) is 7.42. The minimum Gasteiger partial charge on any atom is -0.370 e. The molecule has 0 amide bonds. The molecular weight excluding hydrogens is 238 g/mol. The van der Waals surface area contributed by atoms with Crippen LogP contribution in [0, 0.1) is 0 Å². The van der Waals surface area contributed by atoms with Crippen molar-refractivity contribution < 1.29 is 9.63 Å². The van der Waals surface area contributed by atoms with E-state index >= 15 is 0 Å². The molecule has 3 heteroatoms. The number of hydroxylamine groups is 1. The van der Waals surface area contributed by atoms with E-state index < -0.39 is 0 Å². The lowest BCUT2D eigenvalue weighted by Gasteiger charge is -2.13. The lowest BCUT2D eigenvalue weighted by molar-refractivity contribution is -0.152. The molecule has 19 heavy (non-hydrogen) atoms. The maximum Gasteiger partial charge on any atom is 0.329 e. The van der Waals surface area contributed by atoms with Crippen LogP contribution in [0.4, 0.5) is 0 Å². The molecule has 1 aromatic rings. The zero-order chi connectivity index (χ0) is 13.9. The van der Waals surface area contributed by atoms with Crippen LogP contribution < -0.4 is 5.48 Å². The summed E-state index contributed by atoms with van der Waals surface area (Å²) >= 11 is 0. The number of allylic oxidation sites excluding steroid dienone is 1. The molecule has 0 radical (unpaired) electrons. The molecule has 3 nitrogen and oxygen atoms in total. The van der Waals surface area contributed by atoms with Gasteiger partial charge in [0, 0.05) is 6.04 Å². The van der Waals surface area contributed by atoms with E-state index in [-0.39, 0.29) is 12.0 Å². The van der Waals surface area contributed by atoms with Gasteiger partial charge in [0.15, 0.2) is 0 Å². The van der Waals surface area contributed by atoms with Crippen LogP contribution in [0.3, 0.4) is 0 Å². The molecule has 0 aromatic heterocycles. The molecule has 1 rings (SSSR count). The molecule has 0 fully saturated rings. The Balaban J connectivity index is 2.14. The molecule has 0 spiro atoms. The highest BCUT2D eigenvalue weighted by Gasteiger charge is 2.07. The summed E-state index contributed by atoms with van der Waals surface area (Å²) in [7, 11) is 0. The zero-order valence-electron chi connectivity index (χ0n) is 11.6. The molecule has 0 aliphatic carbocycles. The van der Waals surface area contributed by atoms with Gasteiger partial charge in [-0.3, -0.25) is 4.79 Å². The average molecular weight is 261 g/mol. The molecule has 0 bridgehead atoms. The Kier molecular flexibility index (Phi) is 7.59. The van der Waals surface area contributed by atoms with Gasteiger partial charge >= 0.3 is 5.97 Å². The van der Waals surface area contributed by atoms with Gasteiger partial charge in [-0.15, -0.1) is 6.58 Å². The fourth-order valence-corrected chi connectivity index (χ4v) is 1.76. The van der Waals surface area contributed by atoms with Crippen LogP contribution >= 0.6 is 0 Å². The summed E-state index contributed by atoms with van der Waals surface area (Å²) in [4.78, 5) is 16.7. The van der Waals surface area contributed by atoms with Gasteiger partial charge in [0.25, 0.3) is 0 Å². The van der Waals surface area contributed by atoms with Crippen LogP contribution in [-0.4, -0.2) is 12.0 Å². The summed E-state index contributed by atoms with van der Waals surface area (Å²) < 4.78 is 0. The van der Waals surface area contributed by atoms with E-state index in [4.69, 9.17) is 4.84 Å². The van der Waals surface area contributed by atoms with Gasteiger partial charge in [0.2, 0.25) is 0 Å². The highest BCUT2D eigenvalue weighted by molar-refractivity contribution is 5.72. The van der Waals surface area contributed by atoms with Crippen molar-refractivity contribution in [3.05, 3.63) is 48.6 Å². The van der Waals surface area contributed by atoms with E-state index in [1.165, 1.54) is 0 Å². The SMILES string of the molecule is C=CCCCCC(C)NOC(=O)Cc1ccccc1.